The lowest BCUT2D eigenvalue weighted by Gasteiger charge is -2.11. The van der Waals surface area contributed by atoms with Crippen LogP contribution < -0.4 is 10.1 Å². The van der Waals surface area contributed by atoms with Gasteiger partial charge in [0.05, 0.1) is 11.5 Å². The van der Waals surface area contributed by atoms with Crippen LogP contribution in [0.2, 0.25) is 0 Å². The highest BCUT2D eigenvalue weighted by molar-refractivity contribution is 9.09. The molecule has 0 aromatic heterocycles. The number of halogens is 1. The number of amides is 1. The van der Waals surface area contributed by atoms with Crippen molar-refractivity contribution in [1.29, 1.82) is 0 Å². The molecule has 0 spiro atoms. The fraction of sp³-hybridized carbons (Fsp3) is 0.222. The van der Waals surface area contributed by atoms with Crippen molar-refractivity contribution in [2.24, 2.45) is 0 Å². The summed E-state index contributed by atoms with van der Waals surface area (Å²) in [4.78, 5) is 22.9. The molecule has 0 radical (unpaired) electrons. The number of fused-ring (bicyclic) bond motifs is 1. The summed E-state index contributed by atoms with van der Waals surface area (Å²) in [7, 11) is 1.55. The maximum atomic E-state index is 11.8. The summed E-state index contributed by atoms with van der Waals surface area (Å²) >= 11 is 4.25. The van der Waals surface area contributed by atoms with E-state index in [2.05, 4.69) is 21.2 Å². The minimum absolute atomic E-state index is 0.256. The number of thioether (sulfide) groups is 1. The summed E-state index contributed by atoms with van der Waals surface area (Å²) < 4.78 is 5.77. The second-order valence-electron chi connectivity index (χ2n) is 4.87. The standard InChI is InChI=1S/C18H18BrNO3S/c1-20-18(22)17(24-12-21)9-7-13-6-8-16(23-11-10-19)15-5-3-2-4-14(13)15/h2-6,8-9,12H,7,10-11H2,1H3,(H,20,22)/b17-9-. The van der Waals surface area contributed by atoms with Gasteiger partial charge in [0, 0.05) is 17.8 Å². The van der Waals surface area contributed by atoms with Crippen molar-refractivity contribution in [1.82, 2.24) is 5.32 Å². The Balaban J connectivity index is 2.35. The van der Waals surface area contributed by atoms with Crippen LogP contribution in [0.15, 0.2) is 47.4 Å². The van der Waals surface area contributed by atoms with Crippen LogP contribution in [0.5, 0.6) is 5.75 Å². The van der Waals surface area contributed by atoms with E-state index in [4.69, 9.17) is 4.74 Å². The number of hydrogen-bond acceptors (Lipinski definition) is 4. The van der Waals surface area contributed by atoms with E-state index in [0.29, 0.717) is 23.6 Å². The number of ether oxygens (including phenoxy) is 1. The van der Waals surface area contributed by atoms with Gasteiger partial charge >= 0.3 is 0 Å². The third-order valence-corrected chi connectivity index (χ3v) is 4.47. The molecule has 0 saturated heterocycles. The Kier molecular flexibility index (Phi) is 7.34. The average molecular weight is 408 g/mol. The lowest BCUT2D eigenvalue weighted by Crippen LogP contribution is -2.18. The molecular weight excluding hydrogens is 390 g/mol. The average Bonchev–Trinajstić information content (AvgIpc) is 2.63. The molecule has 2 aromatic rings. The third kappa shape index (κ3) is 4.61. The Morgan fingerprint density at radius 2 is 2.00 bits per heavy atom. The molecule has 0 aliphatic heterocycles. The van der Waals surface area contributed by atoms with Crippen molar-refractivity contribution in [2.75, 3.05) is 19.0 Å². The lowest BCUT2D eigenvalue weighted by molar-refractivity contribution is -0.116. The van der Waals surface area contributed by atoms with E-state index in [-0.39, 0.29) is 5.91 Å². The van der Waals surface area contributed by atoms with Gasteiger partial charge in [0.25, 0.3) is 5.91 Å². The second kappa shape index (κ2) is 9.49. The number of alkyl halides is 1. The van der Waals surface area contributed by atoms with Crippen LogP contribution >= 0.6 is 27.7 Å². The molecule has 126 valence electrons. The number of carbonyl (C=O) groups is 2. The molecule has 1 amide bonds. The van der Waals surface area contributed by atoms with Crippen LogP contribution in [0.4, 0.5) is 0 Å². The van der Waals surface area contributed by atoms with Crippen LogP contribution in [0, 0.1) is 0 Å². The molecule has 4 nitrogen and oxygen atoms in total. The van der Waals surface area contributed by atoms with Crippen LogP contribution in [0.3, 0.4) is 0 Å². The van der Waals surface area contributed by atoms with Crippen molar-refractivity contribution in [3.8, 4) is 5.75 Å². The SMILES string of the molecule is CNC(=O)/C(=C/Cc1ccc(OCCBr)c2ccccc12)SC=O. The van der Waals surface area contributed by atoms with Gasteiger partial charge in [0.15, 0.2) is 5.62 Å². The highest BCUT2D eigenvalue weighted by Crippen LogP contribution is 2.29. The normalized spacial score (nSPS) is 11.3. The monoisotopic (exact) mass is 407 g/mol. The van der Waals surface area contributed by atoms with Crippen molar-refractivity contribution < 1.29 is 14.3 Å². The maximum Gasteiger partial charge on any atom is 0.257 e. The molecule has 0 aliphatic rings. The largest absolute Gasteiger partial charge is 0.492 e. The number of benzene rings is 2. The van der Waals surface area contributed by atoms with Gasteiger partial charge in [-0.15, -0.1) is 0 Å². The van der Waals surface area contributed by atoms with Gasteiger partial charge < -0.3 is 10.1 Å². The Bertz CT molecular complexity index is 761. The summed E-state index contributed by atoms with van der Waals surface area (Å²) in [6.45, 7) is 0.597. The molecule has 0 atom stereocenters. The van der Waals surface area contributed by atoms with Crippen molar-refractivity contribution >= 4 is 50.0 Å². The minimum Gasteiger partial charge on any atom is -0.492 e. The molecule has 2 aromatic carbocycles. The molecule has 0 saturated carbocycles. The predicted molar refractivity (Wildman–Crippen MR) is 103 cm³/mol. The molecule has 2 rings (SSSR count). The van der Waals surface area contributed by atoms with Crippen LogP contribution in [-0.4, -0.2) is 30.5 Å². The van der Waals surface area contributed by atoms with E-state index in [0.717, 1.165) is 39.2 Å². The fourth-order valence-corrected chi connectivity index (χ4v) is 3.01. The molecule has 0 fully saturated rings. The van der Waals surface area contributed by atoms with E-state index in [9.17, 15) is 9.59 Å². The second-order valence-corrected chi connectivity index (χ2v) is 6.53. The number of allylic oxidation sites excluding steroid dienone is 1. The van der Waals surface area contributed by atoms with Crippen molar-refractivity contribution in [3.63, 3.8) is 0 Å². The summed E-state index contributed by atoms with van der Waals surface area (Å²) in [5, 5.41) is 5.43. The van der Waals surface area contributed by atoms with E-state index in [1.807, 2.05) is 36.4 Å². The molecule has 0 heterocycles. The van der Waals surface area contributed by atoms with Gasteiger partial charge in [0.2, 0.25) is 0 Å². The summed E-state index contributed by atoms with van der Waals surface area (Å²) in [5.74, 6) is 0.584. The maximum absolute atomic E-state index is 11.8. The first-order valence-electron chi connectivity index (χ1n) is 7.43. The quantitative estimate of drug-likeness (QED) is 0.411. The Morgan fingerprint density at radius 3 is 2.67 bits per heavy atom. The molecule has 24 heavy (non-hydrogen) atoms. The van der Waals surface area contributed by atoms with E-state index in [1.165, 1.54) is 0 Å². The highest BCUT2D eigenvalue weighted by Gasteiger charge is 2.10. The van der Waals surface area contributed by atoms with E-state index in [1.54, 1.807) is 13.1 Å². The van der Waals surface area contributed by atoms with Crippen molar-refractivity contribution in [2.45, 2.75) is 6.42 Å². The lowest BCUT2D eigenvalue weighted by atomic mass is 10.0. The summed E-state index contributed by atoms with van der Waals surface area (Å²) in [5.41, 5.74) is 1.74. The first-order valence-corrected chi connectivity index (χ1v) is 9.43. The summed E-state index contributed by atoms with van der Waals surface area (Å²) in [6, 6.07) is 11.9. The first kappa shape index (κ1) is 18.5. The van der Waals surface area contributed by atoms with E-state index >= 15 is 0 Å². The minimum atomic E-state index is -0.256. The molecule has 6 heteroatoms. The fourth-order valence-electron chi connectivity index (χ4n) is 2.36. The van der Waals surface area contributed by atoms with Gasteiger partial charge in [-0.05, 0) is 35.2 Å². The predicted octanol–water partition coefficient (Wildman–Crippen LogP) is 3.71. The smallest absolute Gasteiger partial charge is 0.257 e. The van der Waals surface area contributed by atoms with Crippen LogP contribution in [0.1, 0.15) is 5.56 Å². The number of carbonyl (C=O) groups excluding carboxylic acids is 2. The van der Waals surface area contributed by atoms with Gasteiger partial charge in [-0.2, -0.15) is 0 Å². The zero-order valence-corrected chi connectivity index (χ0v) is 15.7. The number of nitrogens with one attached hydrogen (secondary N) is 1. The first-order chi connectivity index (χ1) is 11.7. The van der Waals surface area contributed by atoms with Crippen LogP contribution in [-0.2, 0) is 16.0 Å². The van der Waals surface area contributed by atoms with Gasteiger partial charge in [0.1, 0.15) is 5.75 Å². The Morgan fingerprint density at radius 1 is 1.25 bits per heavy atom. The van der Waals surface area contributed by atoms with Gasteiger partial charge in [-0.1, -0.05) is 52.3 Å². The Labute approximate surface area is 153 Å². The highest BCUT2D eigenvalue weighted by atomic mass is 79.9. The zero-order valence-electron chi connectivity index (χ0n) is 13.3. The topological polar surface area (TPSA) is 55.4 Å². The van der Waals surface area contributed by atoms with Crippen LogP contribution in [0.25, 0.3) is 10.8 Å². The Hall–Kier alpha value is -1.79. The number of hydrogen-bond donors (Lipinski definition) is 1. The van der Waals surface area contributed by atoms with E-state index < -0.39 is 0 Å². The number of rotatable bonds is 8. The number of likely N-dealkylation sites (N-methyl/N-ethyl adjacent to an activating group) is 1. The van der Waals surface area contributed by atoms with Gasteiger partial charge in [-0.3, -0.25) is 9.59 Å². The third-order valence-electron chi connectivity index (χ3n) is 3.44. The van der Waals surface area contributed by atoms with Gasteiger partial charge in [-0.25, -0.2) is 0 Å². The molecule has 0 aliphatic carbocycles. The molecule has 0 bridgehead atoms. The molecule has 1 N–H and O–H groups in total. The zero-order chi connectivity index (χ0) is 17.4. The molecular formula is C18H18BrNO3S. The van der Waals surface area contributed by atoms with Crippen molar-refractivity contribution in [3.05, 3.63) is 52.9 Å². The molecule has 0 unspecified atom stereocenters. The summed E-state index contributed by atoms with van der Waals surface area (Å²) in [6.07, 6.45) is 2.33.